The van der Waals surface area contributed by atoms with E-state index in [9.17, 15) is 4.79 Å². The number of benzene rings is 1. The summed E-state index contributed by atoms with van der Waals surface area (Å²) in [6.07, 6.45) is 0. The fraction of sp³-hybridized carbons (Fsp3) is 0.154. The molecule has 0 fully saturated rings. The van der Waals surface area contributed by atoms with Crippen LogP contribution < -0.4 is 10.1 Å². The number of carboxylic acid groups (broad SMARTS) is 1. The zero-order chi connectivity index (χ0) is 14.7. The van der Waals surface area contributed by atoms with E-state index in [1.54, 1.807) is 12.5 Å². The van der Waals surface area contributed by atoms with Gasteiger partial charge in [-0.1, -0.05) is 0 Å². The Hall–Kier alpha value is -1.05. The molecule has 2 N–H and O–H groups in total. The molecule has 0 unspecified atom stereocenters. The molecule has 106 valence electrons. The number of anilines is 1. The number of rotatable bonds is 5. The molecular weight excluding hydrogens is 410 g/mol. The monoisotopic (exact) mass is 419 g/mol. The molecule has 20 heavy (non-hydrogen) atoms. The van der Waals surface area contributed by atoms with Gasteiger partial charge in [-0.05, 0) is 54.9 Å². The Kier molecular flexibility index (Phi) is 5.06. The first-order valence-corrected chi connectivity index (χ1v) is 8.06. The second-order valence-corrected chi connectivity index (χ2v) is 6.53. The van der Waals surface area contributed by atoms with Gasteiger partial charge in [0.15, 0.2) is 0 Å². The first-order chi connectivity index (χ1) is 9.52. The molecule has 0 bridgehead atoms. The summed E-state index contributed by atoms with van der Waals surface area (Å²) in [4.78, 5) is 11.4. The van der Waals surface area contributed by atoms with Gasteiger partial charge in [-0.15, -0.1) is 11.3 Å². The number of hydrogen-bond acceptors (Lipinski definition) is 4. The van der Waals surface area contributed by atoms with E-state index in [4.69, 9.17) is 9.84 Å². The summed E-state index contributed by atoms with van der Waals surface area (Å²) in [5.74, 6) is -0.191. The summed E-state index contributed by atoms with van der Waals surface area (Å²) in [7, 11) is 1.60. The number of nitrogens with one attached hydrogen (secondary N) is 1. The number of thiophene rings is 1. The standard InChI is InChI=1S/C13H11Br2NO3S/c1-19-11-5-10(8(14)4-9(11)15)16-6-7-2-3-20-12(7)13(17)18/h2-5,16H,6H2,1H3,(H,17,18). The van der Waals surface area contributed by atoms with E-state index in [1.807, 2.05) is 18.2 Å². The minimum absolute atomic E-state index is 0.359. The van der Waals surface area contributed by atoms with E-state index >= 15 is 0 Å². The largest absolute Gasteiger partial charge is 0.495 e. The Bertz CT molecular complexity index is 643. The lowest BCUT2D eigenvalue weighted by molar-refractivity contribution is 0.0701. The number of hydrogen-bond donors (Lipinski definition) is 2. The van der Waals surface area contributed by atoms with Crippen LogP contribution in [0.2, 0.25) is 0 Å². The van der Waals surface area contributed by atoms with Gasteiger partial charge in [0, 0.05) is 17.1 Å². The van der Waals surface area contributed by atoms with Crippen LogP contribution in [0.15, 0.2) is 32.5 Å². The molecule has 0 atom stereocenters. The number of methoxy groups -OCH3 is 1. The van der Waals surface area contributed by atoms with Gasteiger partial charge in [0.25, 0.3) is 0 Å². The number of halogens is 2. The van der Waals surface area contributed by atoms with Crippen molar-refractivity contribution in [3.8, 4) is 5.75 Å². The zero-order valence-corrected chi connectivity index (χ0v) is 14.4. The lowest BCUT2D eigenvalue weighted by Crippen LogP contribution is -2.04. The van der Waals surface area contributed by atoms with Crippen LogP contribution in [0.25, 0.3) is 0 Å². The SMILES string of the molecule is COc1cc(NCc2ccsc2C(=O)O)c(Br)cc1Br. The van der Waals surface area contributed by atoms with Gasteiger partial charge in [-0.2, -0.15) is 0 Å². The molecule has 0 amide bonds. The molecule has 0 spiro atoms. The van der Waals surface area contributed by atoms with Gasteiger partial charge < -0.3 is 15.2 Å². The van der Waals surface area contributed by atoms with E-state index in [2.05, 4.69) is 37.2 Å². The highest BCUT2D eigenvalue weighted by Crippen LogP contribution is 2.35. The maximum atomic E-state index is 11.1. The molecule has 2 rings (SSSR count). The average molecular weight is 421 g/mol. The third-order valence-electron chi connectivity index (χ3n) is 2.65. The predicted molar refractivity (Wildman–Crippen MR) is 87.0 cm³/mol. The number of carbonyl (C=O) groups is 1. The summed E-state index contributed by atoms with van der Waals surface area (Å²) in [6.45, 7) is 0.439. The second-order valence-electron chi connectivity index (χ2n) is 3.90. The molecule has 1 aromatic carbocycles. The fourth-order valence-corrected chi connectivity index (χ4v) is 3.73. The maximum absolute atomic E-state index is 11.1. The minimum Gasteiger partial charge on any atom is -0.495 e. The summed E-state index contributed by atoms with van der Waals surface area (Å²) < 4.78 is 6.96. The Morgan fingerprint density at radius 2 is 2.15 bits per heavy atom. The van der Waals surface area contributed by atoms with E-state index < -0.39 is 5.97 Å². The van der Waals surface area contributed by atoms with E-state index in [1.165, 1.54) is 11.3 Å². The summed E-state index contributed by atoms with van der Waals surface area (Å²) >= 11 is 8.09. The molecule has 0 aliphatic rings. The third kappa shape index (κ3) is 3.34. The van der Waals surface area contributed by atoms with Gasteiger partial charge in [0.1, 0.15) is 10.6 Å². The minimum atomic E-state index is -0.899. The molecule has 1 aromatic heterocycles. The first kappa shape index (κ1) is 15.3. The van der Waals surface area contributed by atoms with Crippen molar-refractivity contribution in [1.82, 2.24) is 0 Å². The Balaban J connectivity index is 2.18. The van der Waals surface area contributed by atoms with Crippen LogP contribution in [0.1, 0.15) is 15.2 Å². The summed E-state index contributed by atoms with van der Waals surface area (Å²) in [5, 5.41) is 14.1. The molecule has 7 heteroatoms. The number of ether oxygens (including phenoxy) is 1. The molecule has 0 saturated heterocycles. The normalized spacial score (nSPS) is 10.3. The molecule has 1 heterocycles. The number of aromatic carboxylic acids is 1. The topological polar surface area (TPSA) is 58.6 Å². The van der Waals surface area contributed by atoms with Gasteiger partial charge in [-0.3, -0.25) is 0 Å². The van der Waals surface area contributed by atoms with Gasteiger partial charge in [0.2, 0.25) is 0 Å². The average Bonchev–Trinajstić information content (AvgIpc) is 2.86. The van der Waals surface area contributed by atoms with Gasteiger partial charge in [-0.25, -0.2) is 4.79 Å². The van der Waals surface area contributed by atoms with Crippen LogP contribution in [0.5, 0.6) is 5.75 Å². The van der Waals surface area contributed by atoms with Crippen LogP contribution in [0.3, 0.4) is 0 Å². The molecule has 0 radical (unpaired) electrons. The van der Waals surface area contributed by atoms with Gasteiger partial charge >= 0.3 is 5.97 Å². The van der Waals surface area contributed by atoms with Crippen molar-refractivity contribution in [3.05, 3.63) is 43.0 Å². The van der Waals surface area contributed by atoms with Crippen molar-refractivity contribution in [1.29, 1.82) is 0 Å². The van der Waals surface area contributed by atoms with Crippen LogP contribution in [0.4, 0.5) is 5.69 Å². The van der Waals surface area contributed by atoms with Crippen LogP contribution in [0, 0.1) is 0 Å². The van der Waals surface area contributed by atoms with E-state index in [-0.39, 0.29) is 0 Å². The first-order valence-electron chi connectivity index (χ1n) is 5.59. The molecule has 0 aliphatic heterocycles. The van der Waals surface area contributed by atoms with Gasteiger partial charge in [0.05, 0.1) is 17.3 Å². The number of carboxylic acids is 1. The van der Waals surface area contributed by atoms with Crippen LogP contribution in [-0.4, -0.2) is 18.2 Å². The van der Waals surface area contributed by atoms with Crippen LogP contribution >= 0.6 is 43.2 Å². The van der Waals surface area contributed by atoms with Crippen LogP contribution in [-0.2, 0) is 6.54 Å². The van der Waals surface area contributed by atoms with E-state index in [0.717, 1.165) is 20.2 Å². The fourth-order valence-electron chi connectivity index (χ4n) is 1.67. The third-order valence-corrected chi connectivity index (χ3v) is 4.87. The summed E-state index contributed by atoms with van der Waals surface area (Å²) in [5.41, 5.74) is 1.60. The predicted octanol–water partition coefficient (Wildman–Crippen LogP) is 4.59. The zero-order valence-electron chi connectivity index (χ0n) is 10.4. The van der Waals surface area contributed by atoms with E-state index in [0.29, 0.717) is 17.2 Å². The van der Waals surface area contributed by atoms with Crippen molar-refractivity contribution in [2.24, 2.45) is 0 Å². The van der Waals surface area contributed by atoms with Crippen molar-refractivity contribution in [3.63, 3.8) is 0 Å². The Labute approximate surface area is 137 Å². The molecular formula is C13H11Br2NO3S. The maximum Gasteiger partial charge on any atom is 0.346 e. The summed E-state index contributed by atoms with van der Waals surface area (Å²) in [6, 6.07) is 5.54. The highest BCUT2D eigenvalue weighted by Gasteiger charge is 2.12. The molecule has 2 aromatic rings. The van der Waals surface area contributed by atoms with Crippen molar-refractivity contribution >= 4 is 54.9 Å². The van der Waals surface area contributed by atoms with Crippen molar-refractivity contribution in [2.45, 2.75) is 6.54 Å². The Morgan fingerprint density at radius 1 is 1.40 bits per heavy atom. The molecule has 0 saturated carbocycles. The Morgan fingerprint density at radius 3 is 2.80 bits per heavy atom. The smallest absolute Gasteiger partial charge is 0.346 e. The highest BCUT2D eigenvalue weighted by molar-refractivity contribution is 9.11. The lowest BCUT2D eigenvalue weighted by Gasteiger charge is -2.11. The molecule has 4 nitrogen and oxygen atoms in total. The highest BCUT2D eigenvalue weighted by atomic mass is 79.9. The second kappa shape index (κ2) is 6.60. The quantitative estimate of drug-likeness (QED) is 0.742. The lowest BCUT2D eigenvalue weighted by atomic mass is 10.2. The van der Waals surface area contributed by atoms with Crippen molar-refractivity contribution < 1.29 is 14.6 Å². The van der Waals surface area contributed by atoms with Crippen molar-refractivity contribution in [2.75, 3.05) is 12.4 Å². The molecule has 0 aliphatic carbocycles.